The molecule has 0 fully saturated rings. The highest BCUT2D eigenvalue weighted by Crippen LogP contribution is 2.27. The van der Waals surface area contributed by atoms with E-state index in [1.807, 2.05) is 13.0 Å². The molecule has 0 aromatic heterocycles. The summed E-state index contributed by atoms with van der Waals surface area (Å²) in [6.45, 7) is 5.83. The highest BCUT2D eigenvalue weighted by atomic mass is 35.5. The van der Waals surface area contributed by atoms with Gasteiger partial charge in [0, 0.05) is 17.6 Å². The fraction of sp³-hybridized carbons (Fsp3) is 0.321. The molecule has 7 nitrogen and oxygen atoms in total. The Labute approximate surface area is 223 Å². The van der Waals surface area contributed by atoms with Crippen molar-refractivity contribution >= 4 is 27.4 Å². The third-order valence-electron chi connectivity index (χ3n) is 5.78. The minimum Gasteiger partial charge on any atom is -0.482 e. The van der Waals surface area contributed by atoms with E-state index >= 15 is 0 Å². The van der Waals surface area contributed by atoms with Gasteiger partial charge in [0.15, 0.2) is 6.61 Å². The van der Waals surface area contributed by atoms with Crippen LogP contribution in [0, 0.1) is 6.92 Å². The van der Waals surface area contributed by atoms with E-state index in [1.54, 1.807) is 62.4 Å². The Balaban J connectivity index is 1.59. The first kappa shape index (κ1) is 28.7. The van der Waals surface area contributed by atoms with Crippen LogP contribution in [0.2, 0.25) is 5.02 Å². The Morgan fingerprint density at radius 1 is 1.05 bits per heavy atom. The molecule has 0 saturated carbocycles. The lowest BCUT2D eigenvalue weighted by atomic mass is 10.1. The summed E-state index contributed by atoms with van der Waals surface area (Å²) in [7, 11) is -3.73. The van der Waals surface area contributed by atoms with Gasteiger partial charge in [0.1, 0.15) is 5.75 Å². The molecule has 2 N–H and O–H groups in total. The van der Waals surface area contributed by atoms with E-state index in [9.17, 15) is 18.3 Å². The number of sulfone groups is 1. The van der Waals surface area contributed by atoms with Crippen LogP contribution in [-0.4, -0.2) is 45.3 Å². The number of aryl methyl sites for hydroxylation is 1. The first-order valence-corrected chi connectivity index (χ1v) is 13.9. The maximum atomic E-state index is 13.2. The fourth-order valence-corrected chi connectivity index (χ4v) is 5.35. The second-order valence-corrected chi connectivity index (χ2v) is 11.1. The van der Waals surface area contributed by atoms with Crippen LogP contribution in [0.5, 0.6) is 5.75 Å². The van der Waals surface area contributed by atoms with Crippen molar-refractivity contribution in [1.29, 1.82) is 0 Å². The van der Waals surface area contributed by atoms with E-state index in [1.165, 1.54) is 12.1 Å². The monoisotopic (exact) mass is 545 g/mol. The van der Waals surface area contributed by atoms with Gasteiger partial charge in [-0.05, 0) is 86.3 Å². The summed E-state index contributed by atoms with van der Waals surface area (Å²) in [5, 5.41) is 14.3. The number of aliphatic hydroxyl groups excluding tert-OH is 1. The molecule has 3 aromatic rings. The average Bonchev–Trinajstić information content (AvgIpc) is 2.87. The number of benzene rings is 3. The summed E-state index contributed by atoms with van der Waals surface area (Å²) < 4.78 is 36.6. The smallest absolute Gasteiger partial charge is 0.344 e. The van der Waals surface area contributed by atoms with E-state index in [0.29, 0.717) is 29.3 Å². The molecule has 0 radical (unpaired) electrons. The molecular weight excluding hydrogens is 514 g/mol. The fourth-order valence-electron chi connectivity index (χ4n) is 3.80. The van der Waals surface area contributed by atoms with Gasteiger partial charge in [0.05, 0.1) is 22.5 Å². The quantitative estimate of drug-likeness (QED) is 0.319. The lowest BCUT2D eigenvalue weighted by molar-refractivity contribution is -0.145. The van der Waals surface area contributed by atoms with Gasteiger partial charge in [0.2, 0.25) is 9.84 Å². The predicted molar refractivity (Wildman–Crippen MR) is 143 cm³/mol. The maximum absolute atomic E-state index is 13.2. The Morgan fingerprint density at radius 2 is 1.76 bits per heavy atom. The molecule has 37 heavy (non-hydrogen) atoms. The highest BCUT2D eigenvalue weighted by Gasteiger charge is 2.19. The Hall–Kier alpha value is -2.91. The predicted octanol–water partition coefficient (Wildman–Crippen LogP) is 4.68. The van der Waals surface area contributed by atoms with Crippen molar-refractivity contribution < 1.29 is 27.8 Å². The van der Waals surface area contributed by atoms with Crippen molar-refractivity contribution in [3.05, 3.63) is 88.4 Å². The van der Waals surface area contributed by atoms with Crippen molar-refractivity contribution in [3.8, 4) is 5.75 Å². The molecule has 0 saturated heterocycles. The molecular formula is C28H32ClNO6S. The highest BCUT2D eigenvalue weighted by molar-refractivity contribution is 7.91. The summed E-state index contributed by atoms with van der Waals surface area (Å²) in [4.78, 5) is 11.8. The van der Waals surface area contributed by atoms with Gasteiger partial charge in [-0.3, -0.25) is 0 Å². The van der Waals surface area contributed by atoms with Gasteiger partial charge in [-0.2, -0.15) is 0 Å². The minimum atomic E-state index is -3.73. The second kappa shape index (κ2) is 13.1. The van der Waals surface area contributed by atoms with Crippen molar-refractivity contribution in [2.24, 2.45) is 0 Å². The molecule has 0 spiro atoms. The molecule has 0 unspecified atom stereocenters. The number of hydrogen-bond acceptors (Lipinski definition) is 7. The summed E-state index contributed by atoms with van der Waals surface area (Å²) in [5.41, 5.74) is 2.31. The number of carbonyl (C=O) groups excluding carboxylic acids is 1. The number of carbonyl (C=O) groups is 1. The first-order chi connectivity index (χ1) is 17.6. The topological polar surface area (TPSA) is 102 Å². The molecule has 0 aliphatic carbocycles. The SMILES string of the molecule is CCOC(=O)COc1ccc(S(=O)(=O)c2ccc(C[C@@H](C)NC[C@H](O)c3cccc(Cl)c3)cc2)cc1C. The molecule has 2 atom stereocenters. The largest absolute Gasteiger partial charge is 0.482 e. The number of nitrogens with one attached hydrogen (secondary N) is 1. The zero-order valence-corrected chi connectivity index (χ0v) is 22.7. The van der Waals surface area contributed by atoms with Gasteiger partial charge in [-0.1, -0.05) is 35.9 Å². The lowest BCUT2D eigenvalue weighted by Crippen LogP contribution is -2.32. The van der Waals surface area contributed by atoms with Crippen molar-refractivity contribution in [2.45, 2.75) is 49.1 Å². The van der Waals surface area contributed by atoms with Gasteiger partial charge >= 0.3 is 5.97 Å². The molecule has 198 valence electrons. The van der Waals surface area contributed by atoms with Crippen LogP contribution in [0.3, 0.4) is 0 Å². The number of halogens is 1. The minimum absolute atomic E-state index is 0.0566. The zero-order valence-electron chi connectivity index (χ0n) is 21.1. The Kier molecular flexibility index (Phi) is 10.1. The van der Waals surface area contributed by atoms with Crippen LogP contribution in [0.1, 0.15) is 36.6 Å². The summed E-state index contributed by atoms with van der Waals surface area (Å²) in [6.07, 6.45) is -0.0205. The van der Waals surface area contributed by atoms with Crippen LogP contribution >= 0.6 is 11.6 Å². The molecule has 0 aliphatic heterocycles. The molecule has 0 aliphatic rings. The zero-order chi connectivity index (χ0) is 27.0. The van der Waals surface area contributed by atoms with Gasteiger partial charge in [-0.25, -0.2) is 13.2 Å². The number of ether oxygens (including phenoxy) is 2. The summed E-state index contributed by atoms with van der Waals surface area (Å²) >= 11 is 5.99. The second-order valence-electron chi connectivity index (χ2n) is 8.75. The van der Waals surface area contributed by atoms with Crippen molar-refractivity contribution in [1.82, 2.24) is 5.32 Å². The third kappa shape index (κ3) is 8.04. The molecule has 0 bridgehead atoms. The van der Waals surface area contributed by atoms with Crippen LogP contribution in [0.25, 0.3) is 0 Å². The Morgan fingerprint density at radius 3 is 2.41 bits per heavy atom. The third-order valence-corrected chi connectivity index (χ3v) is 7.78. The lowest BCUT2D eigenvalue weighted by Gasteiger charge is -2.18. The number of esters is 1. The Bertz CT molecular complexity index is 1310. The summed E-state index contributed by atoms with van der Waals surface area (Å²) in [6, 6.07) is 18.5. The van der Waals surface area contributed by atoms with Gasteiger partial charge in [-0.15, -0.1) is 0 Å². The maximum Gasteiger partial charge on any atom is 0.344 e. The molecule has 9 heteroatoms. The first-order valence-electron chi connectivity index (χ1n) is 12.0. The molecule has 0 amide bonds. The standard InChI is InChI=1S/C28H32ClNO6S/c1-4-35-28(32)18-36-27-13-12-25(14-19(27)2)37(33,34)24-10-8-21(9-11-24)15-20(3)30-17-26(31)22-6-5-7-23(29)16-22/h5-14,16,20,26,30-31H,4,15,17-18H2,1-3H3/t20-,26+/m1/s1. The number of rotatable bonds is 12. The van der Waals surface area contributed by atoms with Gasteiger partial charge in [0.25, 0.3) is 0 Å². The van der Waals surface area contributed by atoms with E-state index in [2.05, 4.69) is 5.32 Å². The normalized spacial score (nSPS) is 13.1. The van der Waals surface area contributed by atoms with Crippen molar-refractivity contribution in [2.75, 3.05) is 19.8 Å². The van der Waals surface area contributed by atoms with E-state index in [-0.39, 0.29) is 29.0 Å². The van der Waals surface area contributed by atoms with Gasteiger partial charge < -0.3 is 19.9 Å². The van der Waals surface area contributed by atoms with E-state index < -0.39 is 21.9 Å². The van der Waals surface area contributed by atoms with Crippen LogP contribution in [0.4, 0.5) is 0 Å². The van der Waals surface area contributed by atoms with Crippen molar-refractivity contribution in [3.63, 3.8) is 0 Å². The van der Waals surface area contributed by atoms with E-state index in [4.69, 9.17) is 21.1 Å². The molecule has 0 heterocycles. The summed E-state index contributed by atoms with van der Waals surface area (Å²) in [5.74, 6) is -0.0650. The molecule has 3 rings (SSSR count). The van der Waals surface area contributed by atoms with Crippen LogP contribution in [0.15, 0.2) is 76.5 Å². The van der Waals surface area contributed by atoms with E-state index in [0.717, 1.165) is 11.1 Å². The average molecular weight is 546 g/mol. The van der Waals surface area contributed by atoms with Crippen LogP contribution in [-0.2, 0) is 25.8 Å². The van der Waals surface area contributed by atoms with Crippen LogP contribution < -0.4 is 10.1 Å². The number of aliphatic hydroxyl groups is 1. The number of hydrogen-bond donors (Lipinski definition) is 2. The molecule has 3 aromatic carbocycles.